The molecule has 0 bridgehead atoms. The van der Waals surface area contributed by atoms with Crippen molar-refractivity contribution >= 4 is 0 Å². The second-order valence-electron chi connectivity index (χ2n) is 3.45. The molecule has 4 N–H and O–H groups in total. The fourth-order valence-corrected chi connectivity index (χ4v) is 1.30. The molecule has 0 aromatic rings. The van der Waals surface area contributed by atoms with Crippen molar-refractivity contribution in [2.75, 3.05) is 19.6 Å². The van der Waals surface area contributed by atoms with E-state index in [9.17, 15) is 0 Å². The van der Waals surface area contributed by atoms with Gasteiger partial charge < -0.3 is 10.6 Å². The van der Waals surface area contributed by atoms with Crippen molar-refractivity contribution in [3.8, 4) is 0 Å². The van der Waals surface area contributed by atoms with E-state index in [-0.39, 0.29) is 0 Å². The third-order valence-electron chi connectivity index (χ3n) is 2.23. The predicted octanol–water partition coefficient (Wildman–Crippen LogP) is -0.678. The van der Waals surface area contributed by atoms with Gasteiger partial charge in [-0.1, -0.05) is 0 Å². The van der Waals surface area contributed by atoms with Crippen LogP contribution >= 0.6 is 0 Å². The summed E-state index contributed by atoms with van der Waals surface area (Å²) in [6.45, 7) is 10.6. The van der Waals surface area contributed by atoms with Crippen molar-refractivity contribution in [1.29, 1.82) is 0 Å². The fraction of sp³-hybridized carbons (Fsp3) is 1.00. The summed E-state index contributed by atoms with van der Waals surface area (Å²) in [6.07, 6.45) is 2.62. The Labute approximate surface area is 70.8 Å². The van der Waals surface area contributed by atoms with E-state index in [0.29, 0.717) is 6.04 Å². The molecule has 68 valence electrons. The van der Waals surface area contributed by atoms with E-state index in [4.69, 9.17) is 0 Å². The van der Waals surface area contributed by atoms with E-state index >= 15 is 0 Å². The van der Waals surface area contributed by atoms with Gasteiger partial charge in [0.1, 0.15) is 0 Å². The molecule has 2 heteroatoms. The van der Waals surface area contributed by atoms with Gasteiger partial charge in [-0.05, 0) is 20.8 Å². The normalized spacial score (nSPS) is 13.9. The van der Waals surface area contributed by atoms with Crippen molar-refractivity contribution in [3.63, 3.8) is 0 Å². The Bertz CT molecular complexity index is 77.6. The van der Waals surface area contributed by atoms with Gasteiger partial charge in [0.15, 0.2) is 0 Å². The van der Waals surface area contributed by atoms with Crippen LogP contribution in [0.2, 0.25) is 0 Å². The van der Waals surface area contributed by atoms with E-state index in [1.165, 1.54) is 32.5 Å². The maximum absolute atomic E-state index is 3.98. The summed E-state index contributed by atoms with van der Waals surface area (Å²) < 4.78 is 0. The summed E-state index contributed by atoms with van der Waals surface area (Å²) in [4.78, 5) is 1.71. The minimum Gasteiger partial charge on any atom is -0.355 e. The van der Waals surface area contributed by atoms with E-state index in [1.807, 2.05) is 0 Å². The van der Waals surface area contributed by atoms with Crippen molar-refractivity contribution in [3.05, 3.63) is 0 Å². The van der Waals surface area contributed by atoms with Gasteiger partial charge in [0.05, 0.1) is 25.7 Å². The monoisotopic (exact) mass is 160 g/mol. The summed E-state index contributed by atoms with van der Waals surface area (Å²) in [5.74, 6) is 0. The topological polar surface area (TPSA) is 32.1 Å². The first kappa shape index (κ1) is 10.9. The van der Waals surface area contributed by atoms with Gasteiger partial charge in [-0.2, -0.15) is 0 Å². The van der Waals surface area contributed by atoms with E-state index < -0.39 is 0 Å². The number of nitrogens with one attached hydrogen (secondary N) is 1. The number of quaternary nitrogens is 2. The molecule has 1 atom stereocenters. The molecule has 0 radical (unpaired) electrons. The number of hydrogen-bond acceptors (Lipinski definition) is 0. The van der Waals surface area contributed by atoms with Crippen LogP contribution in [-0.2, 0) is 0 Å². The van der Waals surface area contributed by atoms with Crippen LogP contribution in [0.3, 0.4) is 0 Å². The highest BCUT2D eigenvalue weighted by molar-refractivity contribution is 4.43. The van der Waals surface area contributed by atoms with E-state index in [0.717, 1.165) is 0 Å². The third-order valence-corrected chi connectivity index (χ3v) is 2.23. The first-order valence-electron chi connectivity index (χ1n) is 4.87. The zero-order valence-corrected chi connectivity index (χ0v) is 8.32. The smallest absolute Gasteiger partial charge is 0.0817 e. The van der Waals surface area contributed by atoms with Crippen LogP contribution in [0.15, 0.2) is 0 Å². The van der Waals surface area contributed by atoms with Gasteiger partial charge in [0.2, 0.25) is 0 Å². The largest absolute Gasteiger partial charge is 0.355 e. The maximum atomic E-state index is 3.98. The Balaban J connectivity index is 3.21. The van der Waals surface area contributed by atoms with Crippen LogP contribution in [0, 0.1) is 0 Å². The molecular formula is C9H24N2+2. The quantitative estimate of drug-likeness (QED) is 0.516. The highest BCUT2D eigenvalue weighted by atomic mass is 15.1. The van der Waals surface area contributed by atoms with E-state index in [2.05, 4.69) is 26.5 Å². The molecule has 0 spiro atoms. The summed E-state index contributed by atoms with van der Waals surface area (Å²) in [5, 5.41) is 0. The lowest BCUT2D eigenvalue weighted by atomic mass is 10.2. The molecule has 0 aromatic carbocycles. The Morgan fingerprint density at radius 2 is 1.82 bits per heavy atom. The number of hydrogen-bond donors (Lipinski definition) is 2. The summed E-state index contributed by atoms with van der Waals surface area (Å²) >= 11 is 0. The summed E-state index contributed by atoms with van der Waals surface area (Å²) in [7, 11) is 0. The van der Waals surface area contributed by atoms with Crippen LogP contribution in [0.25, 0.3) is 0 Å². The molecule has 0 aromatic heterocycles. The molecule has 0 aliphatic rings. The zero-order chi connectivity index (χ0) is 8.69. The van der Waals surface area contributed by atoms with Gasteiger partial charge >= 0.3 is 0 Å². The zero-order valence-electron chi connectivity index (χ0n) is 8.32. The highest BCUT2D eigenvalue weighted by Gasteiger charge is 2.03. The average Bonchev–Trinajstić information content (AvgIpc) is 1.98. The van der Waals surface area contributed by atoms with Crippen LogP contribution in [0.1, 0.15) is 33.6 Å². The lowest BCUT2D eigenvalue weighted by Crippen LogP contribution is -3.11. The average molecular weight is 160 g/mol. The van der Waals surface area contributed by atoms with Crippen LogP contribution in [-0.4, -0.2) is 25.7 Å². The fourth-order valence-electron chi connectivity index (χ4n) is 1.30. The van der Waals surface area contributed by atoms with Gasteiger partial charge in [-0.3, -0.25) is 0 Å². The molecule has 0 unspecified atom stereocenters. The molecule has 0 saturated heterocycles. The number of rotatable bonds is 6. The lowest BCUT2D eigenvalue weighted by molar-refractivity contribution is -0.896. The Kier molecular flexibility index (Phi) is 6.57. The molecular weight excluding hydrogens is 136 g/mol. The summed E-state index contributed by atoms with van der Waals surface area (Å²) in [6, 6.07) is 0.630. The predicted molar refractivity (Wildman–Crippen MR) is 48.5 cm³/mol. The highest BCUT2D eigenvalue weighted by Crippen LogP contribution is 1.86. The van der Waals surface area contributed by atoms with Gasteiger partial charge in [0, 0.05) is 12.8 Å². The molecule has 0 aliphatic heterocycles. The lowest BCUT2D eigenvalue weighted by Gasteiger charge is -2.14. The second kappa shape index (κ2) is 6.62. The van der Waals surface area contributed by atoms with Gasteiger partial charge in [0.25, 0.3) is 0 Å². The van der Waals surface area contributed by atoms with Crippen molar-refractivity contribution in [2.24, 2.45) is 0 Å². The minimum atomic E-state index is 0.630. The van der Waals surface area contributed by atoms with Crippen molar-refractivity contribution < 1.29 is 10.6 Å². The van der Waals surface area contributed by atoms with Crippen LogP contribution < -0.4 is 10.6 Å². The maximum Gasteiger partial charge on any atom is 0.0817 e. The molecule has 0 fully saturated rings. The molecule has 0 aliphatic carbocycles. The first-order valence-corrected chi connectivity index (χ1v) is 4.87. The second-order valence-corrected chi connectivity index (χ2v) is 3.45. The van der Waals surface area contributed by atoms with Crippen molar-refractivity contribution in [1.82, 2.24) is 0 Å². The SMILES string of the molecule is CC[NH+](CC)CCC[C@H](C)[NH3+]. The Morgan fingerprint density at radius 1 is 1.27 bits per heavy atom. The molecule has 2 nitrogen and oxygen atoms in total. The van der Waals surface area contributed by atoms with E-state index in [1.54, 1.807) is 4.90 Å². The third kappa shape index (κ3) is 6.32. The van der Waals surface area contributed by atoms with Crippen LogP contribution in [0.5, 0.6) is 0 Å². The van der Waals surface area contributed by atoms with Crippen molar-refractivity contribution in [2.45, 2.75) is 39.7 Å². The summed E-state index contributed by atoms with van der Waals surface area (Å²) in [5.41, 5.74) is 3.98. The Morgan fingerprint density at radius 3 is 2.18 bits per heavy atom. The standard InChI is InChI=1S/C9H22N2/c1-4-11(5-2)8-6-7-9(3)10/h9H,4-8,10H2,1-3H3/p+2/t9-/m0/s1. The molecule has 0 amide bonds. The molecule has 0 rings (SSSR count). The molecule has 0 saturated carbocycles. The minimum absolute atomic E-state index is 0.630. The van der Waals surface area contributed by atoms with Gasteiger partial charge in [-0.15, -0.1) is 0 Å². The first-order chi connectivity index (χ1) is 5.20. The van der Waals surface area contributed by atoms with Gasteiger partial charge in [-0.25, -0.2) is 0 Å². The van der Waals surface area contributed by atoms with Crippen LogP contribution in [0.4, 0.5) is 0 Å². The molecule has 11 heavy (non-hydrogen) atoms. The molecule has 0 heterocycles. The Hall–Kier alpha value is -0.0800.